The van der Waals surface area contributed by atoms with Crippen LogP contribution in [0.25, 0.3) is 21.9 Å². The predicted octanol–water partition coefficient (Wildman–Crippen LogP) is -0.553. The molecule has 2 aliphatic rings. The predicted molar refractivity (Wildman–Crippen MR) is 174 cm³/mol. The second kappa shape index (κ2) is 15.8. The number of amides is 3. The summed E-state index contributed by atoms with van der Waals surface area (Å²) in [6.45, 7) is 4.07. The Hall–Kier alpha value is -4.18. The lowest BCUT2D eigenvalue weighted by molar-refractivity contribution is -0.914. The van der Waals surface area contributed by atoms with E-state index in [-0.39, 0.29) is 37.2 Å². The number of pyridine rings is 1. The third-order valence-corrected chi connectivity index (χ3v) is 9.27. The Labute approximate surface area is 296 Å². The Morgan fingerprint density at radius 1 is 0.979 bits per heavy atom. The molecule has 0 spiro atoms. The maximum Gasteiger partial charge on any atom is 0.291 e. The van der Waals surface area contributed by atoms with Crippen molar-refractivity contribution in [3.05, 3.63) is 60.3 Å². The van der Waals surface area contributed by atoms with Gasteiger partial charge in [0.05, 0.1) is 56.4 Å². The Bertz CT molecular complexity index is 1790. The number of carbonyl (C=O) groups excluding carboxylic acids is 4. The smallest absolute Gasteiger partial charge is 0.291 e. The van der Waals surface area contributed by atoms with Gasteiger partial charge in [-0.05, 0) is 68.5 Å². The van der Waals surface area contributed by atoms with Crippen LogP contribution in [0.4, 0.5) is 0 Å². The van der Waals surface area contributed by atoms with Crippen LogP contribution in [0.15, 0.2) is 54.7 Å². The van der Waals surface area contributed by atoms with Gasteiger partial charge >= 0.3 is 0 Å². The van der Waals surface area contributed by atoms with E-state index in [9.17, 15) is 19.2 Å². The fourth-order valence-corrected chi connectivity index (χ4v) is 6.66. The molecule has 0 radical (unpaired) electrons. The van der Waals surface area contributed by atoms with Gasteiger partial charge < -0.3 is 48.7 Å². The van der Waals surface area contributed by atoms with Gasteiger partial charge in [-0.25, -0.2) is 4.68 Å². The number of ether oxygens (including phenoxy) is 1. The number of piperidine rings is 1. The highest BCUT2D eigenvalue weighted by molar-refractivity contribution is 6.38. The maximum absolute atomic E-state index is 13.3. The molecule has 14 heteroatoms. The van der Waals surface area contributed by atoms with Gasteiger partial charge in [-0.1, -0.05) is 17.3 Å². The second-order valence-corrected chi connectivity index (χ2v) is 12.6. The summed E-state index contributed by atoms with van der Waals surface area (Å²) in [5, 5.41) is 14.0. The van der Waals surface area contributed by atoms with Gasteiger partial charge in [-0.2, -0.15) is 0 Å². The zero-order valence-electron chi connectivity index (χ0n) is 27.1. The average molecular weight is 769 g/mol. The standard InChI is InChI=1S/C34H40N8O5.HI/c1-42(17-5-2-6-18-42)19-8-20-47-24-12-13-27-26(21-24)25(14-15-35-27)33(45)36-22-31(43)40-16-7-11-30(40)32(44)34(46)37-23-41-29-10-4-3-9-28(29)38-39-41;/h3-4,9-10,12-15,21,30H,2,5-8,11,16-20,22-23H2,1H3,(H-,36,37,45,46);1H. The fourth-order valence-electron chi connectivity index (χ4n) is 6.66. The number of rotatable bonds is 12. The molecule has 2 aromatic heterocycles. The minimum absolute atomic E-state index is 0. The van der Waals surface area contributed by atoms with E-state index >= 15 is 0 Å². The van der Waals surface area contributed by atoms with E-state index in [0.29, 0.717) is 53.7 Å². The number of quaternary nitrogens is 1. The van der Waals surface area contributed by atoms with Crippen molar-refractivity contribution in [3.8, 4) is 5.75 Å². The van der Waals surface area contributed by atoms with E-state index in [4.69, 9.17) is 4.74 Å². The molecule has 13 nitrogen and oxygen atoms in total. The lowest BCUT2D eigenvalue weighted by Crippen LogP contribution is -3.00. The number of fused-ring (bicyclic) bond motifs is 2. The lowest BCUT2D eigenvalue weighted by atomic mass is 10.1. The largest absolute Gasteiger partial charge is 1.00 e. The summed E-state index contributed by atoms with van der Waals surface area (Å²) in [7, 11) is 2.32. The summed E-state index contributed by atoms with van der Waals surface area (Å²) in [5.41, 5.74) is 2.40. The molecular weight excluding hydrogens is 727 g/mol. The van der Waals surface area contributed by atoms with Crippen molar-refractivity contribution in [1.82, 2.24) is 35.5 Å². The van der Waals surface area contributed by atoms with Crippen molar-refractivity contribution in [2.24, 2.45) is 0 Å². The third-order valence-electron chi connectivity index (χ3n) is 9.27. The first-order chi connectivity index (χ1) is 22.8. The second-order valence-electron chi connectivity index (χ2n) is 12.6. The number of para-hydroxylation sites is 1. The molecule has 254 valence electrons. The lowest BCUT2D eigenvalue weighted by Gasteiger charge is -2.37. The van der Waals surface area contributed by atoms with Gasteiger partial charge in [0.15, 0.2) is 0 Å². The Morgan fingerprint density at radius 2 is 1.79 bits per heavy atom. The maximum atomic E-state index is 13.3. The molecule has 2 aliphatic heterocycles. The Morgan fingerprint density at radius 3 is 2.62 bits per heavy atom. The summed E-state index contributed by atoms with van der Waals surface area (Å²) in [6.07, 6.45) is 7.32. The summed E-state index contributed by atoms with van der Waals surface area (Å²) in [5.74, 6) is -1.72. The van der Waals surface area contributed by atoms with Gasteiger partial charge in [-0.15, -0.1) is 5.10 Å². The number of hydrogen-bond acceptors (Lipinski definition) is 8. The van der Waals surface area contributed by atoms with Crippen LogP contribution < -0.4 is 39.3 Å². The van der Waals surface area contributed by atoms with E-state index in [1.54, 1.807) is 18.3 Å². The molecule has 0 aliphatic carbocycles. The van der Waals surface area contributed by atoms with Gasteiger partial charge in [-0.3, -0.25) is 24.2 Å². The van der Waals surface area contributed by atoms with Gasteiger partial charge in [0.2, 0.25) is 11.7 Å². The van der Waals surface area contributed by atoms with Crippen molar-refractivity contribution in [1.29, 1.82) is 0 Å². The van der Waals surface area contributed by atoms with Crippen molar-refractivity contribution in [2.45, 2.75) is 51.2 Å². The number of carbonyl (C=O) groups is 4. The molecule has 1 atom stereocenters. The van der Waals surface area contributed by atoms with Crippen molar-refractivity contribution >= 4 is 45.4 Å². The molecule has 3 amide bonds. The molecule has 0 bridgehead atoms. The molecule has 1 unspecified atom stereocenters. The molecule has 0 saturated carbocycles. The molecular formula is C34H41IN8O5. The van der Waals surface area contributed by atoms with Crippen LogP contribution in [0.2, 0.25) is 0 Å². The summed E-state index contributed by atoms with van der Waals surface area (Å²) >= 11 is 0. The number of nitrogens with one attached hydrogen (secondary N) is 2. The monoisotopic (exact) mass is 768 g/mol. The SMILES string of the molecule is C[N+]1(CCCOc2ccc3nccc(C(=O)NCC(=O)N4CCCC4C(=O)C(=O)NCn4nnc5ccccc54)c3c2)CCCCC1.[I-]. The summed E-state index contributed by atoms with van der Waals surface area (Å²) in [6, 6.07) is 13.5. The van der Waals surface area contributed by atoms with E-state index < -0.39 is 29.5 Å². The quantitative estimate of drug-likeness (QED) is 0.0845. The van der Waals surface area contributed by atoms with Gasteiger partial charge in [0.25, 0.3) is 11.8 Å². The van der Waals surface area contributed by atoms with Crippen LogP contribution in [0.1, 0.15) is 48.9 Å². The topological polar surface area (TPSA) is 148 Å². The molecule has 2 saturated heterocycles. The number of likely N-dealkylation sites (tertiary alicyclic amines) is 2. The molecule has 2 N–H and O–H groups in total. The summed E-state index contributed by atoms with van der Waals surface area (Å²) in [4.78, 5) is 58.0. The Balaban J connectivity index is 0.00000451. The van der Waals surface area contributed by atoms with E-state index in [1.807, 2.05) is 36.4 Å². The van der Waals surface area contributed by atoms with Crippen molar-refractivity contribution in [3.63, 3.8) is 0 Å². The van der Waals surface area contributed by atoms with Crippen LogP contribution in [-0.2, 0) is 21.1 Å². The van der Waals surface area contributed by atoms with E-state index in [2.05, 4.69) is 33.0 Å². The van der Waals surface area contributed by atoms with Crippen molar-refractivity contribution < 1.29 is 52.4 Å². The Kier molecular flexibility index (Phi) is 11.6. The van der Waals surface area contributed by atoms with Crippen molar-refractivity contribution in [2.75, 3.05) is 46.4 Å². The number of nitrogens with zero attached hydrogens (tertiary/aromatic N) is 6. The average Bonchev–Trinajstić information content (AvgIpc) is 3.75. The third kappa shape index (κ3) is 8.09. The highest BCUT2D eigenvalue weighted by Gasteiger charge is 2.37. The first kappa shape index (κ1) is 35.1. The van der Waals surface area contributed by atoms with Gasteiger partial charge in [0, 0.05) is 24.5 Å². The van der Waals surface area contributed by atoms with E-state index in [1.165, 1.54) is 41.9 Å². The number of ketones is 1. The minimum atomic E-state index is -0.896. The number of halogens is 1. The number of aromatic nitrogens is 4. The van der Waals surface area contributed by atoms with Crippen LogP contribution in [0.3, 0.4) is 0 Å². The number of Topliss-reactive ketones (excluding diaryl/α,β-unsaturated/α-hetero) is 1. The fraction of sp³-hybridized carbons (Fsp3) is 0.441. The number of benzene rings is 2. The minimum Gasteiger partial charge on any atom is -1.00 e. The number of hydrogen-bond donors (Lipinski definition) is 2. The van der Waals surface area contributed by atoms with Crippen LogP contribution in [-0.4, -0.2) is 105 Å². The molecule has 4 heterocycles. The molecule has 6 rings (SSSR count). The molecule has 4 aromatic rings. The zero-order valence-corrected chi connectivity index (χ0v) is 29.2. The molecule has 48 heavy (non-hydrogen) atoms. The van der Waals surface area contributed by atoms with Crippen LogP contribution >= 0.6 is 0 Å². The normalized spacial score (nSPS) is 17.1. The molecule has 2 aromatic carbocycles. The highest BCUT2D eigenvalue weighted by atomic mass is 127. The van der Waals surface area contributed by atoms with Crippen LogP contribution in [0, 0.1) is 0 Å². The first-order valence-electron chi connectivity index (χ1n) is 16.3. The first-order valence-corrected chi connectivity index (χ1v) is 16.3. The van der Waals surface area contributed by atoms with E-state index in [0.717, 1.165) is 23.0 Å². The van der Waals surface area contributed by atoms with Gasteiger partial charge in [0.1, 0.15) is 24.0 Å². The summed E-state index contributed by atoms with van der Waals surface area (Å²) < 4.78 is 8.64. The highest BCUT2D eigenvalue weighted by Crippen LogP contribution is 2.24. The van der Waals surface area contributed by atoms with Crippen LogP contribution in [0.5, 0.6) is 5.75 Å². The zero-order chi connectivity index (χ0) is 32.8. The molecule has 2 fully saturated rings.